The molecule has 1 atom stereocenters. The molecular formula is C6H7F3N2O2. The van der Waals surface area contributed by atoms with E-state index in [0.717, 1.165) is 6.92 Å². The van der Waals surface area contributed by atoms with Gasteiger partial charge in [0.1, 0.15) is 5.71 Å². The van der Waals surface area contributed by atoms with Crippen molar-refractivity contribution in [2.75, 3.05) is 0 Å². The minimum absolute atomic E-state index is 0.647. The molecule has 0 radical (unpaired) electrons. The van der Waals surface area contributed by atoms with E-state index in [1.54, 1.807) is 0 Å². The first-order valence-corrected chi connectivity index (χ1v) is 3.40. The van der Waals surface area contributed by atoms with E-state index in [4.69, 9.17) is 5.11 Å². The number of carbonyl (C=O) groups is 1. The van der Waals surface area contributed by atoms with E-state index in [0.29, 0.717) is 0 Å². The van der Waals surface area contributed by atoms with E-state index in [1.165, 1.54) is 0 Å². The largest absolute Gasteiger partial charge is 0.479 e. The third-order valence-electron chi connectivity index (χ3n) is 1.76. The van der Waals surface area contributed by atoms with Gasteiger partial charge in [-0.15, -0.1) is 0 Å². The van der Waals surface area contributed by atoms with Crippen LogP contribution in [0, 0.1) is 0 Å². The summed E-state index contributed by atoms with van der Waals surface area (Å²) in [6.07, 6.45) is -5.20. The Morgan fingerprint density at radius 2 is 2.23 bits per heavy atom. The summed E-state index contributed by atoms with van der Waals surface area (Å²) in [7, 11) is 0. The van der Waals surface area contributed by atoms with Crippen LogP contribution in [0.4, 0.5) is 13.2 Å². The lowest BCUT2D eigenvalue weighted by Crippen LogP contribution is -2.44. The number of rotatable bonds is 1. The number of aliphatic carboxylic acids is 1. The highest BCUT2D eigenvalue weighted by molar-refractivity contribution is 5.97. The van der Waals surface area contributed by atoms with Gasteiger partial charge < -0.3 is 5.11 Å². The molecule has 1 heterocycles. The average Bonchev–Trinajstić information content (AvgIpc) is 2.31. The SMILES string of the molecule is C[C@@]1(C(=O)O)CC(C(F)(F)F)=NN1. The van der Waals surface area contributed by atoms with Crippen molar-refractivity contribution >= 4 is 11.7 Å². The lowest BCUT2D eigenvalue weighted by atomic mass is 9.97. The third kappa shape index (κ3) is 1.73. The number of nitrogens with one attached hydrogen (secondary N) is 1. The molecule has 13 heavy (non-hydrogen) atoms. The molecule has 7 heteroatoms. The number of carboxylic acids is 1. The summed E-state index contributed by atoms with van der Waals surface area (Å²) in [4.78, 5) is 10.5. The van der Waals surface area contributed by atoms with Gasteiger partial charge in [0.2, 0.25) is 0 Å². The van der Waals surface area contributed by atoms with Crippen molar-refractivity contribution < 1.29 is 23.1 Å². The Labute approximate surface area is 71.4 Å². The van der Waals surface area contributed by atoms with E-state index >= 15 is 0 Å². The number of hydrogen-bond acceptors (Lipinski definition) is 3. The van der Waals surface area contributed by atoms with Crippen LogP contribution in [0.1, 0.15) is 13.3 Å². The smallest absolute Gasteiger partial charge is 0.431 e. The number of hydrogen-bond donors (Lipinski definition) is 2. The lowest BCUT2D eigenvalue weighted by Gasteiger charge is -2.17. The molecule has 0 aromatic rings. The fourth-order valence-corrected chi connectivity index (χ4v) is 0.892. The van der Waals surface area contributed by atoms with E-state index < -0.39 is 29.8 Å². The second-order valence-corrected chi connectivity index (χ2v) is 2.98. The van der Waals surface area contributed by atoms with Gasteiger partial charge in [-0.2, -0.15) is 18.3 Å². The number of carboxylic acid groups (broad SMARTS) is 1. The van der Waals surface area contributed by atoms with Crippen molar-refractivity contribution in [3.8, 4) is 0 Å². The maximum absolute atomic E-state index is 12.0. The van der Waals surface area contributed by atoms with Gasteiger partial charge in [0.25, 0.3) is 0 Å². The topological polar surface area (TPSA) is 61.7 Å². The maximum atomic E-state index is 12.0. The number of halogens is 3. The van der Waals surface area contributed by atoms with Crippen molar-refractivity contribution in [3.63, 3.8) is 0 Å². The Balaban J connectivity index is 2.77. The summed E-state index contributed by atoms with van der Waals surface area (Å²) < 4.78 is 36.0. The lowest BCUT2D eigenvalue weighted by molar-refractivity contribution is -0.143. The summed E-state index contributed by atoms with van der Waals surface area (Å²) >= 11 is 0. The van der Waals surface area contributed by atoms with E-state index in [-0.39, 0.29) is 0 Å². The first kappa shape index (κ1) is 9.82. The molecule has 74 valence electrons. The normalized spacial score (nSPS) is 28.2. The minimum Gasteiger partial charge on any atom is -0.479 e. The zero-order valence-electron chi connectivity index (χ0n) is 6.64. The molecule has 2 N–H and O–H groups in total. The molecule has 0 aromatic heterocycles. The quantitative estimate of drug-likeness (QED) is 0.650. The van der Waals surface area contributed by atoms with Crippen molar-refractivity contribution in [1.82, 2.24) is 5.43 Å². The van der Waals surface area contributed by atoms with Crippen molar-refractivity contribution in [2.24, 2.45) is 5.10 Å². The van der Waals surface area contributed by atoms with Gasteiger partial charge in [0.15, 0.2) is 5.54 Å². The predicted octanol–water partition coefficient (Wildman–Crippen LogP) is 0.741. The van der Waals surface area contributed by atoms with Gasteiger partial charge in [0, 0.05) is 6.42 Å². The molecule has 0 bridgehead atoms. The van der Waals surface area contributed by atoms with Crippen molar-refractivity contribution in [3.05, 3.63) is 0 Å². The summed E-state index contributed by atoms with van der Waals surface area (Å²) in [5.41, 5.74) is -0.762. The number of hydrazone groups is 1. The average molecular weight is 196 g/mol. The summed E-state index contributed by atoms with van der Waals surface area (Å²) in [6.45, 7) is 1.15. The van der Waals surface area contributed by atoms with Crippen LogP contribution >= 0.6 is 0 Å². The summed E-state index contributed by atoms with van der Waals surface area (Å²) in [6, 6.07) is 0. The molecule has 0 amide bonds. The fourth-order valence-electron chi connectivity index (χ4n) is 0.892. The van der Waals surface area contributed by atoms with Crippen LogP contribution < -0.4 is 5.43 Å². The van der Waals surface area contributed by atoms with Crippen molar-refractivity contribution in [1.29, 1.82) is 0 Å². The predicted molar refractivity (Wildman–Crippen MR) is 37.3 cm³/mol. The standard InChI is InChI=1S/C6H7F3N2O2/c1-5(4(12)13)2-3(10-11-5)6(7,8)9/h11H,2H2,1H3,(H,12,13)/t5-/m0/s1. The van der Waals surface area contributed by atoms with Gasteiger partial charge in [-0.3, -0.25) is 5.43 Å². The minimum atomic E-state index is -4.56. The molecule has 0 aliphatic carbocycles. The van der Waals surface area contributed by atoms with Crippen LogP contribution in [-0.2, 0) is 4.79 Å². The Morgan fingerprint density at radius 3 is 2.46 bits per heavy atom. The van der Waals surface area contributed by atoms with Crippen LogP contribution in [0.15, 0.2) is 5.10 Å². The van der Waals surface area contributed by atoms with Crippen LogP contribution in [0.5, 0.6) is 0 Å². The van der Waals surface area contributed by atoms with Crippen LogP contribution in [0.2, 0.25) is 0 Å². The van der Waals surface area contributed by atoms with Gasteiger partial charge in [-0.05, 0) is 6.92 Å². The molecule has 1 rings (SSSR count). The second-order valence-electron chi connectivity index (χ2n) is 2.98. The Hall–Kier alpha value is -1.27. The van der Waals surface area contributed by atoms with E-state index in [9.17, 15) is 18.0 Å². The van der Waals surface area contributed by atoms with Gasteiger partial charge in [-0.25, -0.2) is 4.79 Å². The Morgan fingerprint density at radius 1 is 1.69 bits per heavy atom. The summed E-state index contributed by atoms with van der Waals surface area (Å²) in [5.74, 6) is -1.35. The van der Waals surface area contributed by atoms with Crippen LogP contribution in [-0.4, -0.2) is 28.5 Å². The highest BCUT2D eigenvalue weighted by Crippen LogP contribution is 2.27. The third-order valence-corrected chi connectivity index (χ3v) is 1.76. The molecule has 0 aromatic carbocycles. The molecule has 0 saturated carbocycles. The van der Waals surface area contributed by atoms with E-state index in [2.05, 4.69) is 5.10 Å². The van der Waals surface area contributed by atoms with Crippen LogP contribution in [0.25, 0.3) is 0 Å². The molecule has 0 unspecified atom stereocenters. The van der Waals surface area contributed by atoms with Crippen molar-refractivity contribution in [2.45, 2.75) is 25.1 Å². The fraction of sp³-hybridized carbons (Fsp3) is 0.667. The Kier molecular flexibility index (Phi) is 1.97. The number of alkyl halides is 3. The van der Waals surface area contributed by atoms with Crippen LogP contribution in [0.3, 0.4) is 0 Å². The van der Waals surface area contributed by atoms with Gasteiger partial charge in [0.05, 0.1) is 0 Å². The maximum Gasteiger partial charge on any atom is 0.431 e. The first-order valence-electron chi connectivity index (χ1n) is 3.40. The first-order chi connectivity index (χ1) is 5.76. The highest BCUT2D eigenvalue weighted by atomic mass is 19.4. The highest BCUT2D eigenvalue weighted by Gasteiger charge is 2.48. The molecule has 1 aliphatic rings. The monoisotopic (exact) mass is 196 g/mol. The molecular weight excluding hydrogens is 189 g/mol. The zero-order chi connectivity index (χ0) is 10.3. The molecule has 0 fully saturated rings. The van der Waals surface area contributed by atoms with Gasteiger partial charge >= 0.3 is 12.1 Å². The number of nitrogens with zero attached hydrogens (tertiary/aromatic N) is 1. The molecule has 4 nitrogen and oxygen atoms in total. The molecule has 0 saturated heterocycles. The van der Waals surface area contributed by atoms with E-state index in [1.807, 2.05) is 5.43 Å². The second kappa shape index (κ2) is 2.61. The summed E-state index contributed by atoms with van der Waals surface area (Å²) in [5, 5.41) is 11.5. The Bertz CT molecular complexity index is 274. The zero-order valence-corrected chi connectivity index (χ0v) is 6.64. The molecule has 0 spiro atoms. The molecule has 1 aliphatic heterocycles. The van der Waals surface area contributed by atoms with Gasteiger partial charge in [-0.1, -0.05) is 0 Å².